The average molecular weight is 274 g/mol. The van der Waals surface area contributed by atoms with Gasteiger partial charge in [-0.1, -0.05) is 0 Å². The molecule has 2 aromatic heterocycles. The predicted octanol–water partition coefficient (Wildman–Crippen LogP) is 2.01. The van der Waals surface area contributed by atoms with Crippen LogP contribution in [0.3, 0.4) is 0 Å². The number of nitrogens with zero attached hydrogens (tertiary/aromatic N) is 4. The van der Waals surface area contributed by atoms with Crippen LogP contribution in [0.1, 0.15) is 25.2 Å². The van der Waals surface area contributed by atoms with Gasteiger partial charge in [0.25, 0.3) is 0 Å². The van der Waals surface area contributed by atoms with Crippen molar-refractivity contribution in [2.24, 2.45) is 0 Å². The molecule has 0 saturated carbocycles. The van der Waals surface area contributed by atoms with E-state index in [0.29, 0.717) is 19.1 Å². The molecule has 6 heteroatoms. The van der Waals surface area contributed by atoms with Crippen LogP contribution >= 0.6 is 0 Å². The van der Waals surface area contributed by atoms with E-state index in [0.717, 1.165) is 30.2 Å². The number of pyridine rings is 1. The second kappa shape index (κ2) is 5.58. The first-order valence-corrected chi connectivity index (χ1v) is 6.88. The minimum absolute atomic E-state index is 0.237. The van der Waals surface area contributed by atoms with Crippen LogP contribution in [0.4, 0.5) is 0 Å². The van der Waals surface area contributed by atoms with Crippen LogP contribution in [0.15, 0.2) is 18.3 Å². The van der Waals surface area contributed by atoms with Crippen LogP contribution < -0.4 is 4.74 Å². The standard InChI is InChI=1S/C14H18N4O2/c1-3-20-14-12(5-4-7-15-14)13-16-10(2)17-18(13)11-6-8-19-9-11/h4-5,7,11H,3,6,8-9H2,1-2H3. The predicted molar refractivity (Wildman–Crippen MR) is 73.6 cm³/mol. The zero-order valence-electron chi connectivity index (χ0n) is 11.7. The van der Waals surface area contributed by atoms with E-state index in [1.165, 1.54) is 0 Å². The van der Waals surface area contributed by atoms with Gasteiger partial charge in [0.2, 0.25) is 5.88 Å². The van der Waals surface area contributed by atoms with Gasteiger partial charge in [-0.3, -0.25) is 0 Å². The first kappa shape index (κ1) is 13.1. The summed E-state index contributed by atoms with van der Waals surface area (Å²) in [5, 5.41) is 4.51. The minimum atomic E-state index is 0.237. The Bertz CT molecular complexity index is 591. The highest BCUT2D eigenvalue weighted by atomic mass is 16.5. The van der Waals surface area contributed by atoms with Gasteiger partial charge >= 0.3 is 0 Å². The number of aromatic nitrogens is 4. The molecule has 1 unspecified atom stereocenters. The molecule has 1 aliphatic heterocycles. The van der Waals surface area contributed by atoms with Gasteiger partial charge in [-0.15, -0.1) is 0 Å². The fourth-order valence-corrected chi connectivity index (χ4v) is 2.40. The highest BCUT2D eigenvalue weighted by Crippen LogP contribution is 2.30. The molecule has 0 N–H and O–H groups in total. The van der Waals surface area contributed by atoms with Gasteiger partial charge < -0.3 is 9.47 Å². The highest BCUT2D eigenvalue weighted by Gasteiger charge is 2.24. The van der Waals surface area contributed by atoms with Gasteiger partial charge in [0.1, 0.15) is 5.82 Å². The molecule has 3 heterocycles. The van der Waals surface area contributed by atoms with Crippen molar-refractivity contribution in [1.82, 2.24) is 19.7 Å². The van der Waals surface area contributed by atoms with Gasteiger partial charge in [-0.2, -0.15) is 5.10 Å². The molecular formula is C14H18N4O2. The monoisotopic (exact) mass is 274 g/mol. The van der Waals surface area contributed by atoms with E-state index in [1.54, 1.807) is 6.20 Å². The molecule has 0 aromatic carbocycles. The molecule has 3 rings (SSSR count). The SMILES string of the molecule is CCOc1ncccc1-c1nc(C)nn1C1CCOC1. The smallest absolute Gasteiger partial charge is 0.224 e. The minimum Gasteiger partial charge on any atom is -0.477 e. The third-order valence-corrected chi connectivity index (χ3v) is 3.28. The van der Waals surface area contributed by atoms with Gasteiger partial charge in [0.15, 0.2) is 5.82 Å². The zero-order valence-corrected chi connectivity index (χ0v) is 11.7. The second-order valence-electron chi connectivity index (χ2n) is 4.73. The lowest BCUT2D eigenvalue weighted by molar-refractivity contribution is 0.184. The lowest BCUT2D eigenvalue weighted by atomic mass is 10.2. The largest absolute Gasteiger partial charge is 0.477 e. The van der Waals surface area contributed by atoms with Crippen molar-refractivity contribution in [3.8, 4) is 17.3 Å². The topological polar surface area (TPSA) is 62.1 Å². The maximum atomic E-state index is 5.59. The summed E-state index contributed by atoms with van der Waals surface area (Å²) in [4.78, 5) is 8.83. The van der Waals surface area contributed by atoms with Crippen LogP contribution in [0.25, 0.3) is 11.4 Å². The molecule has 0 bridgehead atoms. The number of ether oxygens (including phenoxy) is 2. The van der Waals surface area contributed by atoms with Crippen LogP contribution in [0.2, 0.25) is 0 Å². The van der Waals surface area contributed by atoms with Gasteiger partial charge in [-0.25, -0.2) is 14.6 Å². The summed E-state index contributed by atoms with van der Waals surface area (Å²) in [6, 6.07) is 4.09. The summed E-state index contributed by atoms with van der Waals surface area (Å²) in [5.74, 6) is 2.15. The molecule has 6 nitrogen and oxygen atoms in total. The number of hydrogen-bond acceptors (Lipinski definition) is 5. The molecule has 0 radical (unpaired) electrons. The van der Waals surface area contributed by atoms with Crippen LogP contribution in [-0.4, -0.2) is 39.6 Å². The number of aryl methyl sites for hydroxylation is 1. The molecule has 0 spiro atoms. The number of hydrogen-bond donors (Lipinski definition) is 0. The van der Waals surface area contributed by atoms with Crippen LogP contribution in [-0.2, 0) is 4.74 Å². The zero-order chi connectivity index (χ0) is 13.9. The lowest BCUT2D eigenvalue weighted by Crippen LogP contribution is -2.12. The van der Waals surface area contributed by atoms with E-state index in [1.807, 2.05) is 30.7 Å². The molecule has 1 saturated heterocycles. The number of rotatable bonds is 4. The first-order chi connectivity index (χ1) is 9.79. The summed E-state index contributed by atoms with van der Waals surface area (Å²) < 4.78 is 13.0. The van der Waals surface area contributed by atoms with Crippen molar-refractivity contribution in [2.75, 3.05) is 19.8 Å². The Balaban J connectivity index is 2.05. The Morgan fingerprint density at radius 3 is 3.15 bits per heavy atom. The molecule has 2 aromatic rings. The molecule has 0 aliphatic carbocycles. The van der Waals surface area contributed by atoms with Crippen molar-refractivity contribution in [1.29, 1.82) is 0 Å². The van der Waals surface area contributed by atoms with E-state index in [2.05, 4.69) is 15.1 Å². The maximum Gasteiger partial charge on any atom is 0.224 e. The van der Waals surface area contributed by atoms with Crippen molar-refractivity contribution in [3.05, 3.63) is 24.2 Å². The van der Waals surface area contributed by atoms with Gasteiger partial charge in [0.05, 0.1) is 24.8 Å². The molecule has 1 atom stereocenters. The molecule has 20 heavy (non-hydrogen) atoms. The third kappa shape index (κ3) is 2.38. The quantitative estimate of drug-likeness (QED) is 0.853. The Morgan fingerprint density at radius 2 is 2.40 bits per heavy atom. The molecule has 0 amide bonds. The normalized spacial score (nSPS) is 18.4. The van der Waals surface area contributed by atoms with Gasteiger partial charge in [0, 0.05) is 12.8 Å². The third-order valence-electron chi connectivity index (χ3n) is 3.28. The van der Waals surface area contributed by atoms with Crippen LogP contribution in [0.5, 0.6) is 5.88 Å². The first-order valence-electron chi connectivity index (χ1n) is 6.88. The Morgan fingerprint density at radius 1 is 1.50 bits per heavy atom. The van der Waals surface area contributed by atoms with Crippen molar-refractivity contribution >= 4 is 0 Å². The van der Waals surface area contributed by atoms with Crippen molar-refractivity contribution in [3.63, 3.8) is 0 Å². The van der Waals surface area contributed by atoms with Crippen molar-refractivity contribution < 1.29 is 9.47 Å². The Hall–Kier alpha value is -1.95. The second-order valence-corrected chi connectivity index (χ2v) is 4.73. The summed E-state index contributed by atoms with van der Waals surface area (Å²) >= 11 is 0. The van der Waals surface area contributed by atoms with E-state index >= 15 is 0 Å². The Labute approximate surface area is 117 Å². The summed E-state index contributed by atoms with van der Waals surface area (Å²) in [6.07, 6.45) is 2.68. The summed E-state index contributed by atoms with van der Waals surface area (Å²) in [5.41, 5.74) is 0.877. The molecule has 1 fully saturated rings. The summed E-state index contributed by atoms with van der Waals surface area (Å²) in [7, 11) is 0. The van der Waals surface area contributed by atoms with Crippen LogP contribution in [0, 0.1) is 6.92 Å². The molecular weight excluding hydrogens is 256 g/mol. The van der Waals surface area contributed by atoms with Crippen molar-refractivity contribution in [2.45, 2.75) is 26.3 Å². The van der Waals surface area contributed by atoms with E-state index in [-0.39, 0.29) is 6.04 Å². The highest BCUT2D eigenvalue weighted by molar-refractivity contribution is 5.61. The fourth-order valence-electron chi connectivity index (χ4n) is 2.40. The van der Waals surface area contributed by atoms with E-state index in [9.17, 15) is 0 Å². The average Bonchev–Trinajstić information content (AvgIpc) is 3.08. The van der Waals surface area contributed by atoms with Gasteiger partial charge in [-0.05, 0) is 32.4 Å². The van der Waals surface area contributed by atoms with E-state index < -0.39 is 0 Å². The maximum absolute atomic E-state index is 5.59. The fraction of sp³-hybridized carbons (Fsp3) is 0.500. The lowest BCUT2D eigenvalue weighted by Gasteiger charge is -2.13. The molecule has 1 aliphatic rings. The Kier molecular flexibility index (Phi) is 3.64. The molecule has 106 valence electrons. The van der Waals surface area contributed by atoms with E-state index in [4.69, 9.17) is 9.47 Å². The summed E-state index contributed by atoms with van der Waals surface area (Å²) in [6.45, 7) is 5.86.